The van der Waals surface area contributed by atoms with Crippen LogP contribution in [0.4, 0.5) is 0 Å². The predicted octanol–water partition coefficient (Wildman–Crippen LogP) is 2.28. The molecule has 0 aliphatic rings. The molecule has 0 aliphatic heterocycles. The van der Waals surface area contributed by atoms with E-state index in [2.05, 4.69) is 16.3 Å². The number of rotatable bonds is 4. The standard InChI is InChI=1S/C13H15N3O2S/c1-8-4-5-10(9(2)6-8)12-14-15-13(16(12)3)19-7-11(17)18/h4-6H,7H2,1-3H3,(H,17,18). The van der Waals surface area contributed by atoms with Crippen LogP contribution < -0.4 is 0 Å². The van der Waals surface area contributed by atoms with E-state index >= 15 is 0 Å². The number of hydrogen-bond donors (Lipinski definition) is 1. The zero-order valence-corrected chi connectivity index (χ0v) is 11.9. The van der Waals surface area contributed by atoms with Gasteiger partial charge < -0.3 is 9.67 Å². The molecule has 19 heavy (non-hydrogen) atoms. The molecule has 100 valence electrons. The smallest absolute Gasteiger partial charge is 0.313 e. The second-order valence-electron chi connectivity index (χ2n) is 4.37. The number of aryl methyl sites for hydroxylation is 2. The van der Waals surface area contributed by atoms with Crippen LogP contribution in [0.1, 0.15) is 11.1 Å². The molecule has 0 aliphatic carbocycles. The van der Waals surface area contributed by atoms with Crippen molar-refractivity contribution in [2.75, 3.05) is 5.75 Å². The van der Waals surface area contributed by atoms with E-state index in [1.807, 2.05) is 37.6 Å². The first-order chi connectivity index (χ1) is 8.99. The topological polar surface area (TPSA) is 68.0 Å². The number of carboxylic acids is 1. The third kappa shape index (κ3) is 2.96. The number of benzene rings is 1. The highest BCUT2D eigenvalue weighted by Crippen LogP contribution is 2.25. The van der Waals surface area contributed by atoms with Gasteiger partial charge in [-0.1, -0.05) is 35.5 Å². The van der Waals surface area contributed by atoms with Crippen molar-refractivity contribution in [1.82, 2.24) is 14.8 Å². The molecule has 0 atom stereocenters. The second kappa shape index (κ2) is 5.44. The Hall–Kier alpha value is -1.82. The minimum absolute atomic E-state index is 0.0150. The zero-order valence-electron chi connectivity index (χ0n) is 11.0. The Kier molecular flexibility index (Phi) is 3.90. The summed E-state index contributed by atoms with van der Waals surface area (Å²) in [6.07, 6.45) is 0. The average molecular weight is 277 g/mol. The molecule has 0 saturated carbocycles. The van der Waals surface area contributed by atoms with E-state index in [9.17, 15) is 4.79 Å². The van der Waals surface area contributed by atoms with E-state index in [4.69, 9.17) is 5.11 Å². The first kappa shape index (κ1) is 13.6. The van der Waals surface area contributed by atoms with Crippen molar-refractivity contribution in [1.29, 1.82) is 0 Å². The summed E-state index contributed by atoms with van der Waals surface area (Å²) in [7, 11) is 1.85. The number of thioether (sulfide) groups is 1. The van der Waals surface area contributed by atoms with E-state index in [1.165, 1.54) is 17.3 Å². The normalized spacial score (nSPS) is 10.7. The van der Waals surface area contributed by atoms with Gasteiger partial charge in [-0.25, -0.2) is 0 Å². The van der Waals surface area contributed by atoms with Crippen molar-refractivity contribution in [2.45, 2.75) is 19.0 Å². The van der Waals surface area contributed by atoms with Crippen LogP contribution in [0.3, 0.4) is 0 Å². The minimum Gasteiger partial charge on any atom is -0.481 e. The molecule has 0 radical (unpaired) electrons. The van der Waals surface area contributed by atoms with Crippen molar-refractivity contribution in [3.8, 4) is 11.4 Å². The summed E-state index contributed by atoms with van der Waals surface area (Å²) in [6, 6.07) is 6.13. The Balaban J connectivity index is 2.33. The van der Waals surface area contributed by atoms with Gasteiger partial charge >= 0.3 is 5.97 Å². The first-order valence-corrected chi connectivity index (χ1v) is 6.79. The summed E-state index contributed by atoms with van der Waals surface area (Å²) in [5.74, 6) is -0.120. The maximum absolute atomic E-state index is 10.6. The summed E-state index contributed by atoms with van der Waals surface area (Å²) in [5.41, 5.74) is 3.34. The van der Waals surface area contributed by atoms with E-state index in [0.29, 0.717) is 5.16 Å². The van der Waals surface area contributed by atoms with Crippen LogP contribution in [-0.2, 0) is 11.8 Å². The molecule has 0 spiro atoms. The molecule has 0 saturated heterocycles. The number of aromatic nitrogens is 3. The first-order valence-electron chi connectivity index (χ1n) is 5.80. The van der Waals surface area contributed by atoms with Gasteiger partial charge in [0.2, 0.25) is 0 Å². The Morgan fingerprint density at radius 2 is 2.11 bits per heavy atom. The fraction of sp³-hybridized carbons (Fsp3) is 0.308. The summed E-state index contributed by atoms with van der Waals surface area (Å²) in [5, 5.41) is 17.5. The van der Waals surface area contributed by atoms with Gasteiger partial charge in [0, 0.05) is 12.6 Å². The Morgan fingerprint density at radius 3 is 2.74 bits per heavy atom. The lowest BCUT2D eigenvalue weighted by Crippen LogP contribution is -2.01. The van der Waals surface area contributed by atoms with Gasteiger partial charge in [-0.05, 0) is 19.4 Å². The number of carboxylic acid groups (broad SMARTS) is 1. The molecule has 0 fully saturated rings. The van der Waals surface area contributed by atoms with E-state index < -0.39 is 5.97 Å². The molecule has 1 N–H and O–H groups in total. The van der Waals surface area contributed by atoms with Crippen molar-refractivity contribution in [2.24, 2.45) is 7.05 Å². The lowest BCUT2D eigenvalue weighted by Gasteiger charge is -2.07. The van der Waals surface area contributed by atoms with E-state index in [-0.39, 0.29) is 5.75 Å². The largest absolute Gasteiger partial charge is 0.481 e. The third-order valence-electron chi connectivity index (χ3n) is 2.78. The van der Waals surface area contributed by atoms with Gasteiger partial charge in [-0.2, -0.15) is 0 Å². The lowest BCUT2D eigenvalue weighted by molar-refractivity contribution is -0.133. The molecule has 6 heteroatoms. The fourth-order valence-corrected chi connectivity index (χ4v) is 2.50. The van der Waals surface area contributed by atoms with Crippen LogP contribution in [0.15, 0.2) is 23.4 Å². The number of nitrogens with zero attached hydrogens (tertiary/aromatic N) is 3. The number of aliphatic carboxylic acids is 1. The SMILES string of the molecule is Cc1ccc(-c2nnc(SCC(=O)O)n2C)c(C)c1. The Morgan fingerprint density at radius 1 is 1.37 bits per heavy atom. The summed E-state index contributed by atoms with van der Waals surface area (Å²) in [6.45, 7) is 4.07. The molecule has 2 aromatic rings. The maximum Gasteiger partial charge on any atom is 0.313 e. The van der Waals surface area contributed by atoms with Crippen LogP contribution in [0.2, 0.25) is 0 Å². The molecule has 2 rings (SSSR count). The monoisotopic (exact) mass is 277 g/mol. The summed E-state index contributed by atoms with van der Waals surface area (Å²) in [4.78, 5) is 10.6. The highest BCUT2D eigenvalue weighted by molar-refractivity contribution is 7.99. The number of carbonyl (C=O) groups is 1. The Labute approximate surface area is 115 Å². The van der Waals surface area contributed by atoms with Crippen LogP contribution in [-0.4, -0.2) is 31.6 Å². The molecule has 5 nitrogen and oxygen atoms in total. The average Bonchev–Trinajstić information content (AvgIpc) is 2.68. The minimum atomic E-state index is -0.860. The second-order valence-corrected chi connectivity index (χ2v) is 5.31. The fourth-order valence-electron chi connectivity index (χ4n) is 1.87. The lowest BCUT2D eigenvalue weighted by atomic mass is 10.1. The van der Waals surface area contributed by atoms with Crippen molar-refractivity contribution < 1.29 is 9.90 Å². The predicted molar refractivity (Wildman–Crippen MR) is 74.3 cm³/mol. The third-order valence-corrected chi connectivity index (χ3v) is 3.79. The van der Waals surface area contributed by atoms with Gasteiger partial charge in [0.15, 0.2) is 11.0 Å². The summed E-state index contributed by atoms with van der Waals surface area (Å²) < 4.78 is 1.82. The van der Waals surface area contributed by atoms with Crippen LogP contribution in [0, 0.1) is 13.8 Å². The number of hydrogen-bond acceptors (Lipinski definition) is 4. The molecular weight excluding hydrogens is 262 g/mol. The van der Waals surface area contributed by atoms with Gasteiger partial charge in [0.1, 0.15) is 0 Å². The van der Waals surface area contributed by atoms with Crippen LogP contribution in [0.5, 0.6) is 0 Å². The molecule has 0 amide bonds. The maximum atomic E-state index is 10.6. The zero-order chi connectivity index (χ0) is 14.0. The molecular formula is C13H15N3O2S. The van der Waals surface area contributed by atoms with E-state index in [1.54, 1.807) is 0 Å². The van der Waals surface area contributed by atoms with Gasteiger partial charge in [0.25, 0.3) is 0 Å². The van der Waals surface area contributed by atoms with Crippen LogP contribution >= 0.6 is 11.8 Å². The quantitative estimate of drug-likeness (QED) is 0.868. The Bertz CT molecular complexity index is 622. The van der Waals surface area contributed by atoms with E-state index in [0.717, 1.165) is 17.0 Å². The molecule has 0 unspecified atom stereocenters. The van der Waals surface area contributed by atoms with Gasteiger partial charge in [-0.3, -0.25) is 4.79 Å². The van der Waals surface area contributed by atoms with Gasteiger partial charge in [0.05, 0.1) is 5.75 Å². The molecule has 1 aromatic carbocycles. The van der Waals surface area contributed by atoms with Crippen molar-refractivity contribution in [3.63, 3.8) is 0 Å². The van der Waals surface area contributed by atoms with Crippen molar-refractivity contribution in [3.05, 3.63) is 29.3 Å². The highest BCUT2D eigenvalue weighted by Gasteiger charge is 2.13. The highest BCUT2D eigenvalue weighted by atomic mass is 32.2. The molecule has 1 aromatic heterocycles. The molecule has 1 heterocycles. The van der Waals surface area contributed by atoms with Crippen molar-refractivity contribution >= 4 is 17.7 Å². The van der Waals surface area contributed by atoms with Gasteiger partial charge in [-0.15, -0.1) is 10.2 Å². The summed E-state index contributed by atoms with van der Waals surface area (Å²) >= 11 is 1.17. The molecule has 0 bridgehead atoms. The van der Waals surface area contributed by atoms with Crippen LogP contribution in [0.25, 0.3) is 11.4 Å².